The molecule has 68 heavy (non-hydrogen) atoms. The lowest BCUT2D eigenvalue weighted by atomic mass is 9.43. The van der Waals surface area contributed by atoms with Crippen LogP contribution in [0.25, 0.3) is 66.4 Å². The molecule has 2 aliphatic heterocycles. The molecular weight excluding hydrogens is 820 g/mol. The van der Waals surface area contributed by atoms with E-state index in [0.29, 0.717) is 0 Å². The summed E-state index contributed by atoms with van der Waals surface area (Å²) in [6, 6.07) is 75.7. The second kappa shape index (κ2) is 15.1. The smallest absolute Gasteiger partial charge is 0.333 e. The first-order chi connectivity index (χ1) is 33.1. The number of hydrogen-bond donors (Lipinski definition) is 0. The van der Waals surface area contributed by atoms with Crippen molar-refractivity contribution in [1.82, 2.24) is 0 Å². The molecule has 0 N–H and O–H groups in total. The van der Waals surface area contributed by atoms with E-state index in [9.17, 15) is 0 Å². The summed E-state index contributed by atoms with van der Waals surface area (Å²) in [4.78, 5) is 5.31. The van der Waals surface area contributed by atoms with Crippen LogP contribution in [0.3, 0.4) is 0 Å². The van der Waals surface area contributed by atoms with Gasteiger partial charge in [-0.3, -0.25) is 0 Å². The minimum Gasteiger partial charge on any atom is -0.376 e. The highest BCUT2D eigenvalue weighted by molar-refractivity contribution is 6.93. The first-order valence-corrected chi connectivity index (χ1v) is 24.1. The second-order valence-electron chi connectivity index (χ2n) is 20.0. The van der Waals surface area contributed by atoms with E-state index in [4.69, 9.17) is 0 Å². The fourth-order valence-electron chi connectivity index (χ4n) is 12.3. The molecule has 13 rings (SSSR count). The molecule has 0 atom stereocenters. The van der Waals surface area contributed by atoms with Crippen LogP contribution in [-0.4, -0.2) is 6.85 Å². The average Bonchev–Trinajstić information content (AvgIpc) is 3.58. The summed E-state index contributed by atoms with van der Waals surface area (Å²) in [6.07, 6.45) is 0. The maximum atomic E-state index is 2.67. The highest BCUT2D eigenvalue weighted by Crippen LogP contribution is 2.54. The average molecular weight is 871 g/mol. The molecule has 0 fully saturated rings. The van der Waals surface area contributed by atoms with Crippen molar-refractivity contribution < 1.29 is 0 Å². The largest absolute Gasteiger partial charge is 0.376 e. The van der Waals surface area contributed by atoms with Gasteiger partial charge in [-0.05, 0) is 182 Å². The van der Waals surface area contributed by atoms with Crippen molar-refractivity contribution in [3.8, 4) is 55.6 Å². The van der Waals surface area contributed by atoms with Gasteiger partial charge in [0.25, 0.3) is 0 Å². The van der Waals surface area contributed by atoms with Gasteiger partial charge in [0.05, 0.1) is 0 Å². The summed E-state index contributed by atoms with van der Waals surface area (Å²) < 4.78 is 0. The summed E-state index contributed by atoms with van der Waals surface area (Å²) in [7, 11) is 0. The highest BCUT2D eigenvalue weighted by Gasteiger charge is 2.48. The molecule has 0 bridgehead atoms. The van der Waals surface area contributed by atoms with E-state index < -0.39 is 0 Å². The van der Waals surface area contributed by atoms with Crippen LogP contribution in [0, 0.1) is 27.7 Å². The van der Waals surface area contributed by atoms with Crippen LogP contribution in [0.15, 0.2) is 200 Å². The van der Waals surface area contributed by atoms with Crippen LogP contribution in [0.2, 0.25) is 0 Å². The third kappa shape index (κ3) is 6.05. The first-order valence-electron chi connectivity index (χ1n) is 24.1. The number of anilines is 5. The molecule has 324 valence electrons. The minimum absolute atomic E-state index is 0.137. The Hall–Kier alpha value is -7.88. The summed E-state index contributed by atoms with van der Waals surface area (Å²) >= 11 is 0. The lowest BCUT2D eigenvalue weighted by Crippen LogP contribution is -2.61. The van der Waals surface area contributed by atoms with Gasteiger partial charge in [-0.2, -0.15) is 0 Å². The molecule has 0 amide bonds. The topological polar surface area (TPSA) is 6.48 Å². The third-order valence-corrected chi connectivity index (χ3v) is 15.4. The molecule has 0 radical (unpaired) electrons. The van der Waals surface area contributed by atoms with Crippen molar-refractivity contribution in [3.63, 3.8) is 0 Å². The van der Waals surface area contributed by atoms with E-state index in [1.165, 1.54) is 139 Å². The Bertz CT molecular complexity index is 3680. The Morgan fingerprint density at radius 1 is 0.382 bits per heavy atom. The first kappa shape index (κ1) is 40.4. The summed E-state index contributed by atoms with van der Waals surface area (Å²) in [6.45, 7) is 13.8. The number of benzene rings is 10. The third-order valence-electron chi connectivity index (χ3n) is 15.4. The Balaban J connectivity index is 1.16. The van der Waals surface area contributed by atoms with Crippen molar-refractivity contribution >= 4 is 57.0 Å². The van der Waals surface area contributed by atoms with Gasteiger partial charge in [-0.1, -0.05) is 165 Å². The fraction of sp³-hybridized carbons (Fsp3) is 0.108. The predicted molar refractivity (Wildman–Crippen MR) is 290 cm³/mol. The lowest BCUT2D eigenvalue weighted by molar-refractivity contribution is 0.660. The molecule has 0 unspecified atom stereocenters. The lowest BCUT2D eigenvalue weighted by Gasteiger charge is -2.46. The van der Waals surface area contributed by atoms with Crippen molar-refractivity contribution in [2.45, 2.75) is 47.0 Å². The number of nitrogens with zero attached hydrogens (tertiary/aromatic N) is 2. The van der Waals surface area contributed by atoms with Crippen molar-refractivity contribution in [2.24, 2.45) is 0 Å². The van der Waals surface area contributed by atoms with Gasteiger partial charge < -0.3 is 9.71 Å². The minimum atomic E-state index is -0.187. The van der Waals surface area contributed by atoms with Crippen LogP contribution in [-0.2, 0) is 5.41 Å². The van der Waals surface area contributed by atoms with Crippen molar-refractivity contribution in [2.75, 3.05) is 9.71 Å². The molecule has 10 aromatic rings. The van der Waals surface area contributed by atoms with E-state index in [0.717, 1.165) is 0 Å². The molecule has 0 spiro atoms. The molecule has 2 nitrogen and oxygen atoms in total. The van der Waals surface area contributed by atoms with Crippen LogP contribution < -0.4 is 20.6 Å². The van der Waals surface area contributed by atoms with Gasteiger partial charge in [0.2, 0.25) is 0 Å². The van der Waals surface area contributed by atoms with E-state index >= 15 is 0 Å². The zero-order valence-electron chi connectivity index (χ0n) is 39.5. The molecule has 3 heteroatoms. The van der Waals surface area contributed by atoms with Gasteiger partial charge in [0.1, 0.15) is 0 Å². The molecule has 3 aliphatic rings. The Kier molecular flexibility index (Phi) is 8.96. The Morgan fingerprint density at radius 2 is 1.00 bits per heavy atom. The maximum absolute atomic E-state index is 2.67. The predicted octanol–water partition coefficient (Wildman–Crippen LogP) is 16.1. The van der Waals surface area contributed by atoms with Gasteiger partial charge in [0, 0.05) is 39.4 Å². The number of aryl methyl sites for hydroxylation is 4. The zero-order chi connectivity index (χ0) is 46.0. The molecule has 1 aliphatic carbocycles. The van der Waals surface area contributed by atoms with E-state index in [1.54, 1.807) is 0 Å². The molecule has 2 heterocycles. The summed E-state index contributed by atoms with van der Waals surface area (Å²) in [5.74, 6) is 0. The van der Waals surface area contributed by atoms with Crippen LogP contribution in [0.5, 0.6) is 0 Å². The van der Waals surface area contributed by atoms with Crippen molar-refractivity contribution in [1.29, 1.82) is 0 Å². The molecular formula is C65H51BN2. The molecule has 0 saturated heterocycles. The quantitative estimate of drug-likeness (QED) is 0.159. The van der Waals surface area contributed by atoms with Gasteiger partial charge in [-0.25, -0.2) is 0 Å². The molecule has 10 aromatic carbocycles. The number of rotatable bonds is 5. The van der Waals surface area contributed by atoms with E-state index in [-0.39, 0.29) is 12.3 Å². The number of hydrogen-bond acceptors (Lipinski definition) is 2. The van der Waals surface area contributed by atoms with E-state index in [2.05, 4.69) is 251 Å². The number of fused-ring (bicyclic) bond motifs is 8. The summed E-state index contributed by atoms with van der Waals surface area (Å²) in [5, 5.41) is 2.47. The van der Waals surface area contributed by atoms with E-state index in [1.807, 2.05) is 0 Å². The van der Waals surface area contributed by atoms with Crippen LogP contribution in [0.1, 0.15) is 47.2 Å². The van der Waals surface area contributed by atoms with Gasteiger partial charge >= 0.3 is 6.85 Å². The zero-order valence-corrected chi connectivity index (χ0v) is 39.5. The van der Waals surface area contributed by atoms with Crippen LogP contribution >= 0.6 is 0 Å². The van der Waals surface area contributed by atoms with Gasteiger partial charge in [-0.15, -0.1) is 0 Å². The standard InChI is InChI=1S/C65H51BN2/c1-40-31-42(3)63(43(4)32-40)50-35-55-54-34-47-21-13-14-22-48(47)36-60(54)68(51-28-25-46(26-29-51)44-17-9-7-10-18-44)66-58-38-53-52-23-15-16-24-56(52)65(5,6)57(53)39-61(58)67(62(37-50)64(55)66)59-30-27-49(33-41(59)2)45-19-11-8-12-20-45/h7-39H,1-6H3. The Labute approximate surface area is 400 Å². The normalized spacial score (nSPS) is 13.8. The second-order valence-corrected chi connectivity index (χ2v) is 20.0. The SMILES string of the molecule is Cc1cc(C)c(-c2cc3c4c(c2)N(c2ccc(-c5ccccc5)cc2C)c2cc5c(cc2B4N(c2ccc(-c4ccccc4)cc2)c2cc4ccccc4cc2-3)-c2ccccc2C5(C)C)c(C)c1. The van der Waals surface area contributed by atoms with Crippen molar-refractivity contribution in [3.05, 3.63) is 234 Å². The monoisotopic (exact) mass is 870 g/mol. The molecule has 0 aromatic heterocycles. The summed E-state index contributed by atoms with van der Waals surface area (Å²) in [5.41, 5.74) is 29.0. The van der Waals surface area contributed by atoms with Crippen LogP contribution in [0.4, 0.5) is 28.4 Å². The fourth-order valence-corrected chi connectivity index (χ4v) is 12.3. The maximum Gasteiger partial charge on any atom is 0.333 e. The highest BCUT2D eigenvalue weighted by atomic mass is 15.2. The molecule has 0 saturated carbocycles. The Morgan fingerprint density at radius 3 is 1.71 bits per heavy atom. The van der Waals surface area contributed by atoms with Gasteiger partial charge in [0.15, 0.2) is 0 Å².